The zero-order chi connectivity index (χ0) is 35.7. The van der Waals surface area contributed by atoms with Gasteiger partial charge in [-0.15, -0.1) is 0 Å². The quantitative estimate of drug-likeness (QED) is 0.0313. The van der Waals surface area contributed by atoms with E-state index in [-0.39, 0.29) is 56.6 Å². The summed E-state index contributed by atoms with van der Waals surface area (Å²) in [6.45, 7) is 4.38. The van der Waals surface area contributed by atoms with Gasteiger partial charge < -0.3 is 35.0 Å². The summed E-state index contributed by atoms with van der Waals surface area (Å²) in [6, 6.07) is -0.819. The third-order valence-electron chi connectivity index (χ3n) is 7.67. The Kier molecular flexibility index (Phi) is 32.1. The highest BCUT2D eigenvalue weighted by molar-refractivity contribution is 7.99. The van der Waals surface area contributed by atoms with E-state index in [2.05, 4.69) is 23.7 Å². The molecule has 0 aromatic heterocycles. The Hall–Kier alpha value is -1.21. The van der Waals surface area contributed by atoms with Crippen LogP contribution in [-0.2, 0) is 37.7 Å². The topological polar surface area (TPSA) is 184 Å². The standard InChI is InChI=1S/C34H67N2O10PS/c1-3-5-7-9-11-13-15-17-19-21-32(37)44-27-30(46-33(38)22-20-18-16-14-12-10-8-6-4-2)28-48-29-31(35)34(39)36-23-24-43-25-26-45-47(40,41)42/h30-31H,3-29,35H2,1-2H3,(H,36,39)(H2,40,41,42)/t30-,31+/m1/s1. The Bertz CT molecular complexity index is 849. The smallest absolute Gasteiger partial charge is 0.462 e. The van der Waals surface area contributed by atoms with Gasteiger partial charge in [-0.05, 0) is 12.8 Å². The van der Waals surface area contributed by atoms with E-state index in [0.717, 1.165) is 38.5 Å². The highest BCUT2D eigenvalue weighted by atomic mass is 32.2. The van der Waals surface area contributed by atoms with Gasteiger partial charge in [0.05, 0.1) is 25.9 Å². The van der Waals surface area contributed by atoms with Crippen molar-refractivity contribution in [3.8, 4) is 0 Å². The van der Waals surface area contributed by atoms with Gasteiger partial charge >= 0.3 is 19.8 Å². The van der Waals surface area contributed by atoms with Gasteiger partial charge in [0.25, 0.3) is 0 Å². The second-order valence-corrected chi connectivity index (χ2v) is 14.6. The number of hydrogen-bond donors (Lipinski definition) is 4. The van der Waals surface area contributed by atoms with Crippen LogP contribution in [0.4, 0.5) is 0 Å². The van der Waals surface area contributed by atoms with Crippen LogP contribution in [0, 0.1) is 0 Å². The summed E-state index contributed by atoms with van der Waals surface area (Å²) in [6.07, 6.45) is 20.8. The van der Waals surface area contributed by atoms with Crippen LogP contribution in [-0.4, -0.2) is 84.3 Å². The van der Waals surface area contributed by atoms with Crippen LogP contribution in [0.25, 0.3) is 0 Å². The molecule has 12 nitrogen and oxygen atoms in total. The van der Waals surface area contributed by atoms with Gasteiger partial charge in [-0.25, -0.2) is 4.57 Å². The van der Waals surface area contributed by atoms with E-state index in [0.29, 0.717) is 18.6 Å². The van der Waals surface area contributed by atoms with E-state index in [9.17, 15) is 18.9 Å². The number of esters is 2. The fourth-order valence-corrected chi connectivity index (χ4v) is 6.16. The summed E-state index contributed by atoms with van der Waals surface area (Å²) in [5.41, 5.74) is 6.02. The van der Waals surface area contributed by atoms with Gasteiger partial charge in [-0.1, -0.05) is 117 Å². The highest BCUT2D eigenvalue weighted by Gasteiger charge is 2.20. The first-order valence-electron chi connectivity index (χ1n) is 18.3. The summed E-state index contributed by atoms with van der Waals surface area (Å²) in [7, 11) is -4.53. The summed E-state index contributed by atoms with van der Waals surface area (Å²) < 4.78 is 31.2. The van der Waals surface area contributed by atoms with Gasteiger partial charge in [-0.2, -0.15) is 11.8 Å². The van der Waals surface area contributed by atoms with Gasteiger partial charge in [-0.3, -0.25) is 18.9 Å². The largest absolute Gasteiger partial charge is 0.469 e. The molecule has 14 heteroatoms. The fourth-order valence-electron chi connectivity index (χ4n) is 4.88. The maximum Gasteiger partial charge on any atom is 0.469 e. The second kappa shape index (κ2) is 33.0. The number of hydrogen-bond acceptors (Lipinski definition) is 10. The minimum atomic E-state index is -4.53. The van der Waals surface area contributed by atoms with Crippen molar-refractivity contribution in [2.75, 3.05) is 44.5 Å². The van der Waals surface area contributed by atoms with Crippen molar-refractivity contribution in [3.05, 3.63) is 0 Å². The molecule has 0 saturated carbocycles. The summed E-state index contributed by atoms with van der Waals surface area (Å²) in [5, 5.41) is 2.64. The van der Waals surface area contributed by atoms with Gasteiger partial charge in [0, 0.05) is 30.9 Å². The molecule has 0 unspecified atom stereocenters. The Balaban J connectivity index is 4.48. The minimum Gasteiger partial charge on any atom is -0.462 e. The molecule has 48 heavy (non-hydrogen) atoms. The average Bonchev–Trinajstić information content (AvgIpc) is 3.04. The third-order valence-corrected chi connectivity index (χ3v) is 9.39. The van der Waals surface area contributed by atoms with E-state index >= 15 is 0 Å². The number of unbranched alkanes of at least 4 members (excludes halogenated alkanes) is 16. The van der Waals surface area contributed by atoms with Gasteiger partial charge in [0.2, 0.25) is 5.91 Å². The van der Waals surface area contributed by atoms with Crippen LogP contribution < -0.4 is 11.1 Å². The fraction of sp³-hybridized carbons (Fsp3) is 0.912. The molecule has 1 amide bonds. The first-order valence-corrected chi connectivity index (χ1v) is 21.0. The van der Waals surface area contributed by atoms with Crippen LogP contribution in [0.5, 0.6) is 0 Å². The number of phosphoric acid groups is 1. The lowest BCUT2D eigenvalue weighted by Crippen LogP contribution is -2.43. The first-order chi connectivity index (χ1) is 23.1. The molecule has 0 aliphatic heterocycles. The normalized spacial score (nSPS) is 12.9. The number of ether oxygens (including phenoxy) is 3. The molecule has 0 aromatic rings. The molecule has 0 heterocycles. The highest BCUT2D eigenvalue weighted by Crippen LogP contribution is 2.35. The van der Waals surface area contributed by atoms with Gasteiger partial charge in [0.15, 0.2) is 0 Å². The van der Waals surface area contributed by atoms with Crippen molar-refractivity contribution in [2.45, 2.75) is 154 Å². The van der Waals surface area contributed by atoms with E-state index in [1.165, 1.54) is 88.8 Å². The van der Waals surface area contributed by atoms with Gasteiger partial charge in [0.1, 0.15) is 12.7 Å². The number of phosphoric ester groups is 1. The average molecular weight is 727 g/mol. The molecule has 2 atom stereocenters. The lowest BCUT2D eigenvalue weighted by Gasteiger charge is -2.19. The molecule has 0 fully saturated rings. The molecule has 0 aliphatic rings. The zero-order valence-electron chi connectivity index (χ0n) is 29.8. The Morgan fingerprint density at radius 2 is 1.21 bits per heavy atom. The van der Waals surface area contributed by atoms with E-state index in [1.807, 2.05) is 0 Å². The number of amides is 1. The van der Waals surface area contributed by atoms with Crippen LogP contribution in [0.1, 0.15) is 142 Å². The Labute approximate surface area is 294 Å². The molecular weight excluding hydrogens is 659 g/mol. The summed E-state index contributed by atoms with van der Waals surface area (Å²) in [4.78, 5) is 54.6. The Morgan fingerprint density at radius 1 is 0.708 bits per heavy atom. The molecule has 0 saturated heterocycles. The predicted octanol–water partition coefficient (Wildman–Crippen LogP) is 6.59. The van der Waals surface area contributed by atoms with E-state index in [4.69, 9.17) is 29.7 Å². The van der Waals surface area contributed by atoms with Crippen molar-refractivity contribution in [1.29, 1.82) is 0 Å². The number of carbonyl (C=O) groups is 3. The summed E-state index contributed by atoms with van der Waals surface area (Å²) in [5.74, 6) is -0.398. The maximum absolute atomic E-state index is 12.6. The lowest BCUT2D eigenvalue weighted by atomic mass is 10.1. The monoisotopic (exact) mass is 726 g/mol. The van der Waals surface area contributed by atoms with E-state index < -0.39 is 20.0 Å². The van der Waals surface area contributed by atoms with Crippen molar-refractivity contribution in [2.24, 2.45) is 5.73 Å². The Morgan fingerprint density at radius 3 is 1.73 bits per heavy atom. The number of carbonyl (C=O) groups excluding carboxylic acids is 3. The molecule has 0 bridgehead atoms. The minimum absolute atomic E-state index is 0.0305. The maximum atomic E-state index is 12.6. The molecule has 0 radical (unpaired) electrons. The number of nitrogens with one attached hydrogen (secondary N) is 1. The van der Waals surface area contributed by atoms with Crippen LogP contribution in [0.2, 0.25) is 0 Å². The third kappa shape index (κ3) is 33.3. The molecular formula is C34H67N2O10PS. The SMILES string of the molecule is CCCCCCCCCCCC(=O)OC[C@H](CSC[C@H](N)C(=O)NCCOCCOP(=O)(O)O)OC(=O)CCCCCCCCCCC. The summed E-state index contributed by atoms with van der Waals surface area (Å²) >= 11 is 1.34. The number of thioether (sulfide) groups is 1. The molecule has 0 aromatic carbocycles. The molecule has 284 valence electrons. The van der Waals surface area contributed by atoms with Crippen molar-refractivity contribution >= 4 is 37.4 Å². The molecule has 0 aliphatic carbocycles. The second-order valence-electron chi connectivity index (χ2n) is 12.3. The van der Waals surface area contributed by atoms with Crippen LogP contribution in [0.15, 0.2) is 0 Å². The molecule has 0 rings (SSSR count). The molecule has 0 spiro atoms. The van der Waals surface area contributed by atoms with Crippen molar-refractivity contribution in [1.82, 2.24) is 5.32 Å². The van der Waals surface area contributed by atoms with Crippen LogP contribution in [0.3, 0.4) is 0 Å². The zero-order valence-corrected chi connectivity index (χ0v) is 31.6. The predicted molar refractivity (Wildman–Crippen MR) is 192 cm³/mol. The van der Waals surface area contributed by atoms with Crippen molar-refractivity contribution in [3.63, 3.8) is 0 Å². The molecule has 5 N–H and O–H groups in total. The number of rotatable bonds is 35. The first kappa shape index (κ1) is 46.8. The number of nitrogens with two attached hydrogens (primary N) is 1. The van der Waals surface area contributed by atoms with Crippen molar-refractivity contribution < 1.29 is 47.5 Å². The van der Waals surface area contributed by atoms with E-state index in [1.54, 1.807) is 0 Å². The lowest BCUT2D eigenvalue weighted by molar-refractivity contribution is -0.157. The van der Waals surface area contributed by atoms with Crippen LogP contribution >= 0.6 is 19.6 Å².